The molecule has 33 heavy (non-hydrogen) atoms. The molecule has 0 bridgehead atoms. The van der Waals surface area contributed by atoms with Crippen molar-refractivity contribution in [2.75, 3.05) is 13.2 Å². The lowest BCUT2D eigenvalue weighted by atomic mass is 10.1. The average molecular weight is 477 g/mol. The number of aryl methyl sites for hydroxylation is 2. The molecule has 2 heterocycles. The van der Waals surface area contributed by atoms with Gasteiger partial charge in [-0.3, -0.25) is 13.9 Å². The first-order chi connectivity index (χ1) is 15.9. The van der Waals surface area contributed by atoms with Crippen molar-refractivity contribution in [3.63, 3.8) is 0 Å². The minimum atomic E-state index is -0.414. The molecule has 0 spiro atoms. The predicted molar refractivity (Wildman–Crippen MR) is 126 cm³/mol. The molecule has 0 aliphatic carbocycles. The number of hydrogen-bond donors (Lipinski definition) is 1. The highest BCUT2D eigenvalue weighted by Crippen LogP contribution is 2.14. The molecule has 0 unspecified atom stereocenters. The fourth-order valence-electron chi connectivity index (χ4n) is 3.60. The summed E-state index contributed by atoms with van der Waals surface area (Å²) in [6.07, 6.45) is 4.08. The van der Waals surface area contributed by atoms with Gasteiger partial charge in [0.05, 0.1) is 6.61 Å². The molecular weight excluding hydrogens is 448 g/mol. The molecule has 3 aromatic rings. The molecule has 0 atom stereocenters. The minimum absolute atomic E-state index is 0.0914. The predicted octanol–water partition coefficient (Wildman–Crippen LogP) is 3.30. The van der Waals surface area contributed by atoms with E-state index in [1.807, 2.05) is 12.1 Å². The number of esters is 1. The highest BCUT2D eigenvalue weighted by Gasteiger charge is 2.16. The van der Waals surface area contributed by atoms with Crippen molar-refractivity contribution in [3.8, 4) is 5.75 Å². The molecule has 0 saturated heterocycles. The van der Waals surface area contributed by atoms with E-state index in [0.717, 1.165) is 24.8 Å². The number of carbonyl (C=O) groups is 1. The van der Waals surface area contributed by atoms with E-state index in [0.29, 0.717) is 37.4 Å². The number of carbonyl (C=O) groups excluding carboxylic acids is 1. The Morgan fingerprint density at radius 1 is 1.06 bits per heavy atom. The maximum Gasteiger partial charge on any atom is 0.344 e. The molecule has 1 aromatic carbocycles. The van der Waals surface area contributed by atoms with Gasteiger partial charge in [-0.2, -0.15) is 4.98 Å². The van der Waals surface area contributed by atoms with E-state index in [9.17, 15) is 14.4 Å². The second-order valence-corrected chi connectivity index (χ2v) is 8.02. The summed E-state index contributed by atoms with van der Waals surface area (Å²) in [4.78, 5) is 44.2. The lowest BCUT2D eigenvalue weighted by Crippen LogP contribution is -2.40. The summed E-state index contributed by atoms with van der Waals surface area (Å²) in [6.45, 7) is 4.76. The third-order valence-electron chi connectivity index (χ3n) is 5.25. The van der Waals surface area contributed by atoms with Gasteiger partial charge in [0.1, 0.15) is 5.75 Å². The van der Waals surface area contributed by atoms with Gasteiger partial charge in [-0.1, -0.05) is 31.9 Å². The maximum atomic E-state index is 13.0. The van der Waals surface area contributed by atoms with Gasteiger partial charge in [-0.25, -0.2) is 9.59 Å². The topological polar surface area (TPSA) is 108 Å². The largest absolute Gasteiger partial charge is 0.482 e. The molecule has 0 fully saturated rings. The molecule has 0 saturated carbocycles. The lowest BCUT2D eigenvalue weighted by molar-refractivity contribution is -0.145. The van der Waals surface area contributed by atoms with Crippen molar-refractivity contribution < 1.29 is 14.3 Å². The first kappa shape index (κ1) is 24.6. The Labute approximate surface area is 196 Å². The Hall–Kier alpha value is -3.07. The molecule has 1 N–H and O–H groups in total. The van der Waals surface area contributed by atoms with E-state index in [2.05, 4.69) is 16.9 Å². The summed E-state index contributed by atoms with van der Waals surface area (Å²) in [5.74, 6) is 0.155. The third-order valence-corrected chi connectivity index (χ3v) is 5.43. The first-order valence-electron chi connectivity index (χ1n) is 11.2. The van der Waals surface area contributed by atoms with Gasteiger partial charge in [0.15, 0.2) is 17.8 Å². The number of ether oxygens (including phenoxy) is 2. The Balaban J connectivity index is 1.68. The van der Waals surface area contributed by atoms with Crippen LogP contribution in [0.4, 0.5) is 0 Å². The van der Waals surface area contributed by atoms with E-state index >= 15 is 0 Å². The van der Waals surface area contributed by atoms with Gasteiger partial charge in [0.25, 0.3) is 5.56 Å². The summed E-state index contributed by atoms with van der Waals surface area (Å²) in [5, 5.41) is 0.0914. The van der Waals surface area contributed by atoms with Crippen LogP contribution in [-0.2, 0) is 29.0 Å². The van der Waals surface area contributed by atoms with Gasteiger partial charge in [0.2, 0.25) is 5.28 Å². The van der Waals surface area contributed by atoms with Gasteiger partial charge in [-0.15, -0.1) is 0 Å². The second kappa shape index (κ2) is 11.7. The minimum Gasteiger partial charge on any atom is -0.482 e. The summed E-state index contributed by atoms with van der Waals surface area (Å²) < 4.78 is 13.0. The standard InChI is InChI=1S/C23H29ClN4O5/c1-3-5-6-13-27-20-19(25-22(24)26-20)21(30)28(23(27)31)14-7-8-16-9-11-17(12-10-16)33-15-18(29)32-4-2/h9-12H,3-8,13-15H2,1-2H3,(H,25,26). The third kappa shape index (κ3) is 6.25. The van der Waals surface area contributed by atoms with Gasteiger partial charge < -0.3 is 14.5 Å². The Morgan fingerprint density at radius 2 is 1.79 bits per heavy atom. The van der Waals surface area contributed by atoms with Crippen LogP contribution in [0.1, 0.15) is 45.1 Å². The SMILES string of the molecule is CCCCCn1c(=O)n(CCCc2ccc(OCC(=O)OCC)cc2)c(=O)c2[nH]c(Cl)nc21. The Bertz CT molecular complexity index is 1200. The number of nitrogens with one attached hydrogen (secondary N) is 1. The second-order valence-electron chi connectivity index (χ2n) is 7.67. The molecule has 0 aliphatic heterocycles. The monoisotopic (exact) mass is 476 g/mol. The van der Waals surface area contributed by atoms with E-state index in [-0.39, 0.29) is 29.6 Å². The van der Waals surface area contributed by atoms with Gasteiger partial charge in [-0.05, 0) is 55.5 Å². The van der Waals surface area contributed by atoms with Crippen LogP contribution in [0.3, 0.4) is 0 Å². The number of fused-ring (bicyclic) bond motifs is 1. The summed E-state index contributed by atoms with van der Waals surface area (Å²) in [7, 11) is 0. The molecule has 178 valence electrons. The number of halogens is 1. The van der Waals surface area contributed by atoms with Crippen molar-refractivity contribution in [1.29, 1.82) is 0 Å². The number of nitrogens with zero attached hydrogens (tertiary/aromatic N) is 3. The van der Waals surface area contributed by atoms with Crippen LogP contribution in [0, 0.1) is 0 Å². The molecule has 0 aliphatic rings. The number of aromatic amines is 1. The smallest absolute Gasteiger partial charge is 0.344 e. The summed E-state index contributed by atoms with van der Waals surface area (Å²) in [5.41, 5.74) is 0.804. The molecule has 2 aromatic heterocycles. The summed E-state index contributed by atoms with van der Waals surface area (Å²) >= 11 is 5.98. The van der Waals surface area contributed by atoms with Crippen molar-refractivity contribution in [2.45, 2.75) is 59.0 Å². The number of benzene rings is 1. The maximum absolute atomic E-state index is 13.0. The number of hydrogen-bond acceptors (Lipinski definition) is 6. The number of imidazole rings is 1. The van der Waals surface area contributed by atoms with Gasteiger partial charge in [0, 0.05) is 13.1 Å². The van der Waals surface area contributed by atoms with Crippen molar-refractivity contribution in [2.24, 2.45) is 0 Å². The van der Waals surface area contributed by atoms with Crippen molar-refractivity contribution in [3.05, 3.63) is 56.0 Å². The number of aromatic nitrogens is 4. The Kier molecular flexibility index (Phi) is 8.71. The highest BCUT2D eigenvalue weighted by molar-refractivity contribution is 6.28. The molecule has 0 amide bonds. The fourth-order valence-corrected chi connectivity index (χ4v) is 3.77. The van der Waals surface area contributed by atoms with Crippen LogP contribution in [0.2, 0.25) is 5.28 Å². The summed E-state index contributed by atoms with van der Waals surface area (Å²) in [6, 6.07) is 7.34. The van der Waals surface area contributed by atoms with Crippen LogP contribution in [0.25, 0.3) is 11.2 Å². The van der Waals surface area contributed by atoms with Gasteiger partial charge >= 0.3 is 11.7 Å². The van der Waals surface area contributed by atoms with Crippen LogP contribution in [0.5, 0.6) is 5.75 Å². The quantitative estimate of drug-likeness (QED) is 0.244. The zero-order chi connectivity index (χ0) is 23.8. The normalized spacial score (nSPS) is 11.1. The van der Waals surface area contributed by atoms with Crippen LogP contribution < -0.4 is 16.0 Å². The Morgan fingerprint density at radius 3 is 2.48 bits per heavy atom. The van der Waals surface area contributed by atoms with E-state index in [4.69, 9.17) is 21.1 Å². The van der Waals surface area contributed by atoms with Crippen LogP contribution in [0.15, 0.2) is 33.9 Å². The molecule has 3 rings (SSSR count). The fraction of sp³-hybridized carbons (Fsp3) is 0.478. The highest BCUT2D eigenvalue weighted by atomic mass is 35.5. The zero-order valence-electron chi connectivity index (χ0n) is 18.9. The van der Waals surface area contributed by atoms with E-state index in [1.54, 1.807) is 19.1 Å². The van der Waals surface area contributed by atoms with Crippen molar-refractivity contribution in [1.82, 2.24) is 19.1 Å². The molecule has 0 radical (unpaired) electrons. The zero-order valence-corrected chi connectivity index (χ0v) is 19.7. The average Bonchev–Trinajstić information content (AvgIpc) is 3.19. The molecular formula is C23H29ClN4O5. The first-order valence-corrected chi connectivity index (χ1v) is 11.6. The van der Waals surface area contributed by atoms with Crippen molar-refractivity contribution >= 4 is 28.7 Å². The number of H-pyrrole nitrogens is 1. The van der Waals surface area contributed by atoms with E-state index in [1.165, 1.54) is 9.13 Å². The van der Waals surface area contributed by atoms with Crippen LogP contribution in [-0.4, -0.2) is 38.3 Å². The van der Waals surface area contributed by atoms with Crippen LogP contribution >= 0.6 is 11.6 Å². The number of rotatable bonds is 12. The molecule has 9 nitrogen and oxygen atoms in total. The van der Waals surface area contributed by atoms with E-state index < -0.39 is 11.5 Å². The number of unbranched alkanes of at least 4 members (excludes halogenated alkanes) is 2. The lowest BCUT2D eigenvalue weighted by Gasteiger charge is -2.11. The molecule has 10 heteroatoms.